The summed E-state index contributed by atoms with van der Waals surface area (Å²) in [6.45, 7) is 2.20. The second kappa shape index (κ2) is 9.49. The highest BCUT2D eigenvalue weighted by molar-refractivity contribution is 5.94. The molecule has 2 aromatic rings. The average molecular weight is 399 g/mol. The van der Waals surface area contributed by atoms with Gasteiger partial charge in [0.15, 0.2) is 0 Å². The van der Waals surface area contributed by atoms with E-state index in [9.17, 15) is 18.8 Å². The van der Waals surface area contributed by atoms with Crippen molar-refractivity contribution in [2.24, 2.45) is 5.92 Å². The first-order chi connectivity index (χ1) is 13.9. The van der Waals surface area contributed by atoms with Gasteiger partial charge in [-0.25, -0.2) is 4.39 Å². The number of carbonyl (C=O) groups excluding carboxylic acids is 2. The maximum Gasteiger partial charge on any atom is 0.254 e. The molecule has 2 amide bonds. The van der Waals surface area contributed by atoms with Crippen LogP contribution < -0.4 is 16.2 Å². The van der Waals surface area contributed by atoms with Crippen molar-refractivity contribution in [2.45, 2.75) is 45.2 Å². The summed E-state index contributed by atoms with van der Waals surface area (Å²) in [5, 5.41) is 5.80. The highest BCUT2D eigenvalue weighted by Gasteiger charge is 2.24. The number of amides is 2. The van der Waals surface area contributed by atoms with Crippen molar-refractivity contribution in [1.82, 2.24) is 15.2 Å². The highest BCUT2D eigenvalue weighted by atomic mass is 19.1. The molecule has 3 rings (SSSR count). The van der Waals surface area contributed by atoms with E-state index in [1.807, 2.05) is 0 Å². The van der Waals surface area contributed by atoms with E-state index in [2.05, 4.69) is 10.6 Å². The van der Waals surface area contributed by atoms with E-state index in [0.717, 1.165) is 31.2 Å². The summed E-state index contributed by atoms with van der Waals surface area (Å²) in [5.41, 5.74) is 0.600. The van der Waals surface area contributed by atoms with E-state index in [4.69, 9.17) is 0 Å². The molecule has 0 saturated heterocycles. The lowest BCUT2D eigenvalue weighted by molar-refractivity contribution is -0.122. The minimum atomic E-state index is -0.521. The Morgan fingerprint density at radius 2 is 2.03 bits per heavy atom. The van der Waals surface area contributed by atoms with E-state index in [1.54, 1.807) is 31.3 Å². The molecular weight excluding hydrogens is 373 g/mol. The van der Waals surface area contributed by atoms with Crippen LogP contribution in [0, 0.1) is 18.7 Å². The molecule has 1 aliphatic rings. The van der Waals surface area contributed by atoms with Crippen molar-refractivity contribution in [3.8, 4) is 0 Å². The third-order valence-electron chi connectivity index (χ3n) is 5.28. The number of aryl methyl sites for hydroxylation is 1. The quantitative estimate of drug-likeness (QED) is 0.783. The summed E-state index contributed by atoms with van der Waals surface area (Å²) >= 11 is 0. The molecular formula is C22H26FN3O3. The highest BCUT2D eigenvalue weighted by Crippen LogP contribution is 2.24. The molecule has 0 bridgehead atoms. The van der Waals surface area contributed by atoms with Crippen molar-refractivity contribution in [3.05, 3.63) is 69.9 Å². The number of hydrogen-bond donors (Lipinski definition) is 2. The van der Waals surface area contributed by atoms with Crippen molar-refractivity contribution < 1.29 is 14.0 Å². The van der Waals surface area contributed by atoms with Crippen LogP contribution in [0.1, 0.15) is 41.6 Å². The van der Waals surface area contributed by atoms with Gasteiger partial charge in [0.25, 0.3) is 11.5 Å². The van der Waals surface area contributed by atoms with Gasteiger partial charge in [0.1, 0.15) is 12.4 Å². The fourth-order valence-corrected chi connectivity index (χ4v) is 3.76. The Morgan fingerprint density at radius 3 is 2.79 bits per heavy atom. The Balaban J connectivity index is 1.49. The van der Waals surface area contributed by atoms with Crippen molar-refractivity contribution in [3.63, 3.8) is 0 Å². The van der Waals surface area contributed by atoms with Gasteiger partial charge in [-0.2, -0.15) is 0 Å². The Kier molecular flexibility index (Phi) is 6.80. The van der Waals surface area contributed by atoms with Crippen LogP contribution >= 0.6 is 0 Å². The summed E-state index contributed by atoms with van der Waals surface area (Å²) in [6, 6.07) is 9.33. The SMILES string of the molecule is Cc1ccc(C(=O)NC[C@@H]2CCC[C@H](NC(=O)Cn3ccccc3=O)C2)c(F)c1. The van der Waals surface area contributed by atoms with Gasteiger partial charge < -0.3 is 15.2 Å². The Bertz CT molecular complexity index is 941. The topological polar surface area (TPSA) is 80.2 Å². The van der Waals surface area contributed by atoms with Crippen LogP contribution in [-0.2, 0) is 11.3 Å². The average Bonchev–Trinajstić information content (AvgIpc) is 2.68. The van der Waals surface area contributed by atoms with Gasteiger partial charge in [0.05, 0.1) is 5.56 Å². The van der Waals surface area contributed by atoms with Gasteiger partial charge in [-0.1, -0.05) is 18.6 Å². The molecule has 6 nitrogen and oxygen atoms in total. The third-order valence-corrected chi connectivity index (χ3v) is 5.28. The lowest BCUT2D eigenvalue weighted by atomic mass is 9.85. The number of aromatic nitrogens is 1. The molecule has 1 aromatic heterocycles. The number of carbonyl (C=O) groups is 2. The molecule has 1 fully saturated rings. The molecule has 29 heavy (non-hydrogen) atoms. The van der Waals surface area contributed by atoms with E-state index in [1.165, 1.54) is 22.8 Å². The molecule has 0 aliphatic heterocycles. The number of nitrogens with one attached hydrogen (secondary N) is 2. The maximum absolute atomic E-state index is 13.9. The van der Waals surface area contributed by atoms with Crippen LogP contribution in [0.2, 0.25) is 0 Å². The summed E-state index contributed by atoms with van der Waals surface area (Å²) < 4.78 is 15.3. The van der Waals surface area contributed by atoms with Gasteiger partial charge >= 0.3 is 0 Å². The van der Waals surface area contributed by atoms with Gasteiger partial charge in [-0.3, -0.25) is 14.4 Å². The molecule has 0 unspecified atom stereocenters. The molecule has 0 spiro atoms. The van der Waals surface area contributed by atoms with Crippen LogP contribution in [0.4, 0.5) is 4.39 Å². The fraction of sp³-hybridized carbons (Fsp3) is 0.409. The predicted molar refractivity (Wildman–Crippen MR) is 108 cm³/mol. The fourth-order valence-electron chi connectivity index (χ4n) is 3.76. The molecule has 0 radical (unpaired) electrons. The summed E-state index contributed by atoms with van der Waals surface area (Å²) in [6.07, 6.45) is 5.08. The monoisotopic (exact) mass is 399 g/mol. The first kappa shape index (κ1) is 20.8. The Hall–Kier alpha value is -2.96. The summed E-state index contributed by atoms with van der Waals surface area (Å²) in [7, 11) is 0. The van der Waals surface area contributed by atoms with Crippen LogP contribution in [0.25, 0.3) is 0 Å². The van der Waals surface area contributed by atoms with Crippen LogP contribution in [0.3, 0.4) is 0 Å². The molecule has 1 aromatic carbocycles. The zero-order valence-electron chi connectivity index (χ0n) is 16.5. The minimum Gasteiger partial charge on any atom is -0.352 e. The molecule has 1 saturated carbocycles. The number of hydrogen-bond acceptors (Lipinski definition) is 3. The molecule has 2 N–H and O–H groups in total. The first-order valence-corrected chi connectivity index (χ1v) is 9.91. The van der Waals surface area contributed by atoms with Crippen LogP contribution in [0.15, 0.2) is 47.4 Å². The number of nitrogens with zero attached hydrogens (tertiary/aromatic N) is 1. The van der Waals surface area contributed by atoms with E-state index in [-0.39, 0.29) is 35.5 Å². The van der Waals surface area contributed by atoms with Crippen LogP contribution in [-0.4, -0.2) is 29.0 Å². The lowest BCUT2D eigenvalue weighted by Gasteiger charge is -2.30. The van der Waals surface area contributed by atoms with Crippen molar-refractivity contribution in [2.75, 3.05) is 6.54 Å². The zero-order valence-corrected chi connectivity index (χ0v) is 16.5. The molecule has 1 heterocycles. The second-order valence-corrected chi connectivity index (χ2v) is 7.66. The molecule has 154 valence electrons. The lowest BCUT2D eigenvalue weighted by Crippen LogP contribution is -2.43. The van der Waals surface area contributed by atoms with E-state index in [0.29, 0.717) is 6.54 Å². The number of rotatable bonds is 6. The number of benzene rings is 1. The van der Waals surface area contributed by atoms with Gasteiger partial charge in [-0.15, -0.1) is 0 Å². The predicted octanol–water partition coefficient (Wildman–Crippen LogP) is 2.40. The molecule has 2 atom stereocenters. The van der Waals surface area contributed by atoms with Crippen molar-refractivity contribution >= 4 is 11.8 Å². The second-order valence-electron chi connectivity index (χ2n) is 7.66. The van der Waals surface area contributed by atoms with E-state index < -0.39 is 11.7 Å². The van der Waals surface area contributed by atoms with Gasteiger partial charge in [0.2, 0.25) is 5.91 Å². The molecule has 1 aliphatic carbocycles. The standard InChI is InChI=1S/C22H26FN3O3/c1-15-8-9-18(19(23)11-15)22(29)24-13-16-5-4-6-17(12-16)25-20(27)14-26-10-3-2-7-21(26)28/h2-3,7-11,16-17H,4-6,12-14H2,1H3,(H,24,29)(H,25,27)/t16-,17+/m1/s1. The van der Waals surface area contributed by atoms with Crippen LogP contribution in [0.5, 0.6) is 0 Å². The zero-order chi connectivity index (χ0) is 20.8. The van der Waals surface area contributed by atoms with Gasteiger partial charge in [-0.05, 0) is 55.9 Å². The van der Waals surface area contributed by atoms with Crippen molar-refractivity contribution in [1.29, 1.82) is 0 Å². The largest absolute Gasteiger partial charge is 0.352 e. The smallest absolute Gasteiger partial charge is 0.254 e. The van der Waals surface area contributed by atoms with Gasteiger partial charge in [0, 0.05) is 24.8 Å². The normalized spacial score (nSPS) is 18.8. The Labute approximate surface area is 169 Å². The number of halogens is 1. The first-order valence-electron chi connectivity index (χ1n) is 9.91. The maximum atomic E-state index is 13.9. The summed E-state index contributed by atoms with van der Waals surface area (Å²) in [4.78, 5) is 36.3. The third kappa shape index (κ3) is 5.76. The number of pyridine rings is 1. The summed E-state index contributed by atoms with van der Waals surface area (Å²) in [5.74, 6) is -0.926. The Morgan fingerprint density at radius 1 is 1.21 bits per heavy atom. The minimum absolute atomic E-state index is 0.00803. The van der Waals surface area contributed by atoms with E-state index >= 15 is 0 Å². The molecule has 7 heteroatoms.